The van der Waals surface area contributed by atoms with Gasteiger partial charge in [0, 0.05) is 237 Å². The maximum atomic E-state index is 13.1. The number of carbonyl (C=O) groups excluding carboxylic acids is 4. The van der Waals surface area contributed by atoms with Gasteiger partial charge >= 0.3 is 29.8 Å². The fourth-order valence-electron chi connectivity index (χ4n) is 18.5. The van der Waals surface area contributed by atoms with E-state index < -0.39 is 17.9 Å². The number of phenolic OH excluding ortho intramolecular Hbond substituents is 2. The van der Waals surface area contributed by atoms with E-state index in [-0.39, 0.29) is 55.1 Å². The number of esters is 4. The van der Waals surface area contributed by atoms with Crippen LogP contribution in [0.25, 0.3) is 66.1 Å². The summed E-state index contributed by atoms with van der Waals surface area (Å²) in [6.45, 7) is 22.5. The van der Waals surface area contributed by atoms with Crippen LogP contribution in [0.5, 0.6) is 17.2 Å². The van der Waals surface area contributed by atoms with Gasteiger partial charge < -0.3 is 52.7 Å². The molecule has 141 heavy (non-hydrogen) atoms. The Bertz CT molecular complexity index is 7190. The number of carbonyl (C=O) groups is 5. The van der Waals surface area contributed by atoms with Crippen LogP contribution in [0.3, 0.4) is 0 Å². The molecule has 0 unspecified atom stereocenters. The minimum absolute atomic E-state index is 0.0904. The first-order chi connectivity index (χ1) is 67.0. The highest BCUT2D eigenvalue weighted by atomic mass is 35.5. The number of halogens is 4. The summed E-state index contributed by atoms with van der Waals surface area (Å²) >= 11 is 34.4. The second-order valence-corrected chi connectivity index (χ2v) is 39.7. The van der Waals surface area contributed by atoms with Gasteiger partial charge in [0.05, 0.1) is 93.6 Å². The van der Waals surface area contributed by atoms with E-state index in [2.05, 4.69) is 76.7 Å². The van der Waals surface area contributed by atoms with Crippen LogP contribution in [0.1, 0.15) is 152 Å². The maximum absolute atomic E-state index is 13.1. The van der Waals surface area contributed by atoms with Crippen molar-refractivity contribution in [2.75, 3.05) is 56.2 Å². The van der Waals surface area contributed by atoms with Gasteiger partial charge in [-0.2, -0.15) is 30.6 Å². The first-order valence-corrected chi connectivity index (χ1v) is 49.7. The highest BCUT2D eigenvalue weighted by Gasteiger charge is 2.34. The van der Waals surface area contributed by atoms with E-state index in [1.54, 1.807) is 57.0 Å². The number of carboxylic acid groups (broad SMARTS) is 1. The van der Waals surface area contributed by atoms with Crippen LogP contribution in [-0.4, -0.2) is 188 Å². The number of hydrogen-bond donors (Lipinski definition) is 4. The molecule has 6 aromatic carbocycles. The Morgan fingerprint density at radius 3 is 1.48 bits per heavy atom. The molecule has 8 bridgehead atoms. The number of nitrogens with zero attached hydrogens (tertiary/aromatic N) is 18. The van der Waals surface area contributed by atoms with Gasteiger partial charge in [0.15, 0.2) is 0 Å². The fourth-order valence-corrected chi connectivity index (χ4v) is 21.9. The molecule has 31 nitrogen and oxygen atoms in total. The summed E-state index contributed by atoms with van der Waals surface area (Å²) in [7, 11) is 23.0. The van der Waals surface area contributed by atoms with Gasteiger partial charge in [0.25, 0.3) is 0 Å². The van der Waals surface area contributed by atoms with Crippen molar-refractivity contribution in [2.45, 2.75) is 173 Å². The molecule has 0 spiro atoms. The van der Waals surface area contributed by atoms with Gasteiger partial charge in [-0.1, -0.05) is 34.8 Å². The zero-order valence-corrected chi connectivity index (χ0v) is 89.0. The lowest BCUT2D eigenvalue weighted by molar-refractivity contribution is -0.141. The van der Waals surface area contributed by atoms with E-state index in [0.717, 1.165) is 177 Å². The highest BCUT2D eigenvalue weighted by molar-refractivity contribution is 7.98. The molecule has 0 saturated heterocycles. The molecule has 15 aromatic rings. The number of benzene rings is 6. The predicted molar refractivity (Wildman–Crippen MR) is 557 cm³/mol. The Morgan fingerprint density at radius 1 is 0.504 bits per heavy atom. The molecule has 0 aliphatic carbocycles. The summed E-state index contributed by atoms with van der Waals surface area (Å²) in [5.41, 5.74) is 25.2. The minimum atomic E-state index is -0.964. The first-order valence-electron chi connectivity index (χ1n) is 45.6. The van der Waals surface area contributed by atoms with E-state index in [1.807, 2.05) is 199 Å². The van der Waals surface area contributed by atoms with Crippen LogP contribution < -0.4 is 4.74 Å². The first kappa shape index (κ1) is 106. The number of phenols is 2. The number of hydrogen-bond acceptors (Lipinski definition) is 24. The summed E-state index contributed by atoms with van der Waals surface area (Å²) < 4.78 is 42.9. The van der Waals surface area contributed by atoms with E-state index in [1.165, 1.54) is 28.4 Å². The third kappa shape index (κ3) is 23.8. The average molecular weight is 2060 g/mol. The van der Waals surface area contributed by atoms with Crippen LogP contribution in [0.4, 0.5) is 0 Å². The monoisotopic (exact) mass is 2050 g/mol. The lowest BCUT2D eigenvalue weighted by atomic mass is 9.96. The number of thioether (sulfide) groups is 2. The van der Waals surface area contributed by atoms with E-state index in [4.69, 9.17) is 101 Å². The number of aryl methyl sites for hydroxylation is 15. The van der Waals surface area contributed by atoms with Crippen molar-refractivity contribution < 1.29 is 63.0 Å². The topological polar surface area (TPSA) is 324 Å². The number of carboxylic acids is 1. The summed E-state index contributed by atoms with van der Waals surface area (Å²) in [5.74, 6) is 0.554. The molecule has 0 fully saturated rings. The molecule has 10 heterocycles. The fraction of sp³-hybridized carbons (Fsp3) is 0.369. The molecule has 0 radical (unpaired) electrons. The number of ether oxygens (including phenoxy) is 5. The Hall–Kier alpha value is -12.0. The number of rotatable bonds is 23. The van der Waals surface area contributed by atoms with Crippen LogP contribution in [0.2, 0.25) is 15.1 Å². The van der Waals surface area contributed by atoms with E-state index in [0.29, 0.717) is 114 Å². The summed E-state index contributed by atoms with van der Waals surface area (Å²) in [4.78, 5) is 72.1. The molecule has 1 aliphatic rings. The summed E-state index contributed by atoms with van der Waals surface area (Å²) in [5, 5.41) is 62.2. The van der Waals surface area contributed by atoms with Crippen LogP contribution in [0.15, 0.2) is 124 Å². The Kier molecular flexibility index (Phi) is 34.7. The van der Waals surface area contributed by atoms with Crippen LogP contribution >= 0.6 is 82.6 Å². The maximum Gasteiger partial charge on any atom is 0.354 e. The lowest BCUT2D eigenvalue weighted by Gasteiger charge is -2.16. The molecular formula is C103H120Cl4N18O13S3. The van der Waals surface area contributed by atoms with Gasteiger partial charge in [-0.3, -0.25) is 52.4 Å². The van der Waals surface area contributed by atoms with Gasteiger partial charge in [-0.05, 0) is 232 Å². The molecular weight excluding hydrogens is 1940 g/mol. The zero-order chi connectivity index (χ0) is 102. The second kappa shape index (κ2) is 46.0. The Labute approximate surface area is 853 Å². The lowest BCUT2D eigenvalue weighted by Crippen LogP contribution is -2.18. The van der Waals surface area contributed by atoms with Crippen molar-refractivity contribution in [3.8, 4) is 50.6 Å². The summed E-state index contributed by atoms with van der Waals surface area (Å²) in [6.07, 6.45) is 0.827. The molecule has 3 N–H and O–H groups in total. The number of aromatic nitrogens is 15. The largest absolute Gasteiger partial charge is 0.508 e. The van der Waals surface area contributed by atoms with Crippen molar-refractivity contribution in [1.82, 2.24) is 87.1 Å². The standard InChI is InChI=1S/C35H41ClN6O5S.C33H37ClN6O3S.C28H34Cl2N6O4.C7H8OS/c1-20-13-25(43)16-26(14-20)48-19-24-15-23(37-41(24)6)17-39(4)18-28-32(22(3)40(5)38-28)33-27(36)9-10-29-31(33)21(2)34(35(45)47-8)42(29)12-11-30(44)46-7;1-19-12-24-15-25(13-19)44-18-23-14-22(35-39(23)6)16-37(4)17-27-30(21(3)38(5)36-27)31-26(34)8-9-28-29(31)20(2)32(33(41)42)40(28)10-7-11-43-24;1-16-24-22(36(11-10-23(37)39-6)27(16)28(38)40-7)9-8-20(30)26(24)25-17(2)34(4)32-21(25)15-33(3)14-18-12-19(13-29)35(5)31-18;1-5-2-6(8)4-7(9)3-5/h9-10,13-16,43H,11-12,17-19H2,1-8H3;8-9,12-15H,7,10-11,16-18H2,1-6H3,(H,41,42);8-9,12H,10-11,13-15H2,1-7H3;2-4,8-9H,1H3. The van der Waals surface area contributed by atoms with Gasteiger partial charge in [-0.15, -0.1) is 47.8 Å². The summed E-state index contributed by atoms with van der Waals surface area (Å²) in [6, 6.07) is 34.5. The third-order valence-electron chi connectivity index (χ3n) is 25.2. The Morgan fingerprint density at radius 2 is 0.979 bits per heavy atom. The number of thiol groups is 1. The van der Waals surface area contributed by atoms with Gasteiger partial charge in [0.1, 0.15) is 34.3 Å². The highest BCUT2D eigenvalue weighted by Crippen LogP contribution is 2.48. The number of aromatic hydroxyl groups is 2. The smallest absolute Gasteiger partial charge is 0.354 e. The normalized spacial score (nSPS) is 12.4. The van der Waals surface area contributed by atoms with Crippen molar-refractivity contribution >= 4 is 145 Å². The van der Waals surface area contributed by atoms with Gasteiger partial charge in [-0.25, -0.2) is 14.4 Å². The number of alkyl halides is 1. The molecule has 16 rings (SSSR count). The molecule has 0 atom stereocenters. The number of aromatic carboxylic acids is 1. The zero-order valence-electron chi connectivity index (χ0n) is 83.5. The van der Waals surface area contributed by atoms with Crippen molar-refractivity contribution in [2.24, 2.45) is 42.3 Å². The minimum Gasteiger partial charge on any atom is -0.508 e. The second-order valence-electron chi connectivity index (χ2n) is 35.6. The van der Waals surface area contributed by atoms with Gasteiger partial charge in [0.2, 0.25) is 0 Å². The Balaban J connectivity index is 0.000000170. The molecule has 0 amide bonds. The predicted octanol–water partition coefficient (Wildman–Crippen LogP) is 19.8. The SMILES string of the molecule is COC(=O)CCn1c(C(=O)OC)c(C)c2c(-c3c(CN(C)Cc4cc(CCl)n(C)n4)nn(C)c3C)c(Cl)ccc21.COC(=O)CCn1c(C(=O)OC)c(C)c2c(-c3c(CN(C)Cc4cc(CSc5cc(C)cc(O)c5)n(C)n4)nn(C)c3C)c(Cl)ccc21.Cc1cc(O)cc(S)c1.Cc1cc2cc(c1)SCc1cc(nn1C)CN(C)Cc1nn(C)c(C)c1-c1c(Cl)ccc3c1c(C)c(C(=O)O)n3CCCO2. The van der Waals surface area contributed by atoms with E-state index in [9.17, 15) is 34.2 Å². The van der Waals surface area contributed by atoms with E-state index >= 15 is 0 Å². The van der Waals surface area contributed by atoms with Crippen molar-refractivity contribution in [1.29, 1.82) is 0 Å². The molecule has 38 heteroatoms. The quantitative estimate of drug-likeness (QED) is 0.0152. The molecule has 1 aliphatic heterocycles. The molecule has 0 saturated carbocycles. The van der Waals surface area contributed by atoms with Crippen molar-refractivity contribution in [3.63, 3.8) is 0 Å². The number of methoxy groups -OCH3 is 4. The molecule has 9 aromatic heterocycles. The van der Waals surface area contributed by atoms with Crippen LogP contribution in [-0.2, 0) is 147 Å². The third-order valence-corrected chi connectivity index (χ3v) is 28.7. The average Bonchev–Trinajstić information content (AvgIpc) is 1.59. The van der Waals surface area contributed by atoms with Crippen LogP contribution in [0, 0.1) is 62.3 Å². The number of fused-ring (bicyclic) bond motifs is 8. The molecule has 746 valence electrons. The van der Waals surface area contributed by atoms with Crippen molar-refractivity contribution in [3.05, 3.63) is 243 Å².